The number of nitrogens with two attached hydrogens (primary N) is 1. The van der Waals surface area contributed by atoms with E-state index in [0.29, 0.717) is 12.2 Å². The van der Waals surface area contributed by atoms with Crippen LogP contribution in [-0.4, -0.2) is 9.78 Å². The summed E-state index contributed by atoms with van der Waals surface area (Å²) < 4.78 is 1.45. The Bertz CT molecular complexity index is 362. The van der Waals surface area contributed by atoms with Gasteiger partial charge in [-0.3, -0.25) is 4.79 Å². The third-order valence-electron chi connectivity index (χ3n) is 1.96. The van der Waals surface area contributed by atoms with Gasteiger partial charge in [-0.1, -0.05) is 20.8 Å². The molecule has 0 atom stereocenters. The average Bonchev–Trinajstić information content (AvgIpc) is 2.00. The van der Waals surface area contributed by atoms with Crippen molar-refractivity contribution in [2.75, 3.05) is 5.73 Å². The first-order valence-corrected chi connectivity index (χ1v) is 4.71. The fourth-order valence-electron chi connectivity index (χ4n) is 1.06. The van der Waals surface area contributed by atoms with Crippen LogP contribution in [0.25, 0.3) is 0 Å². The van der Waals surface area contributed by atoms with Gasteiger partial charge in [0.05, 0.1) is 11.9 Å². The van der Waals surface area contributed by atoms with E-state index >= 15 is 0 Å². The molecule has 0 aromatic carbocycles. The van der Waals surface area contributed by atoms with Crippen LogP contribution in [0.4, 0.5) is 5.69 Å². The SMILES string of the molecule is CC(C)(C)CCn1ncc(N)cc1=O. The number of hydrogen-bond acceptors (Lipinski definition) is 3. The number of rotatable bonds is 2. The molecule has 1 aromatic heterocycles. The fourth-order valence-corrected chi connectivity index (χ4v) is 1.06. The minimum atomic E-state index is -0.130. The van der Waals surface area contributed by atoms with Crippen LogP contribution in [0, 0.1) is 5.41 Å². The molecule has 0 spiro atoms. The molecule has 0 saturated heterocycles. The Labute approximate surface area is 83.7 Å². The van der Waals surface area contributed by atoms with Crippen molar-refractivity contribution in [1.82, 2.24) is 9.78 Å². The molecule has 0 aliphatic heterocycles. The molecule has 0 radical (unpaired) electrons. The van der Waals surface area contributed by atoms with Crippen molar-refractivity contribution in [3.8, 4) is 0 Å². The van der Waals surface area contributed by atoms with E-state index in [4.69, 9.17) is 5.73 Å². The summed E-state index contributed by atoms with van der Waals surface area (Å²) in [7, 11) is 0. The van der Waals surface area contributed by atoms with Gasteiger partial charge in [-0.2, -0.15) is 5.10 Å². The number of aromatic nitrogens is 2. The van der Waals surface area contributed by atoms with E-state index in [-0.39, 0.29) is 11.0 Å². The number of aryl methyl sites for hydroxylation is 1. The van der Waals surface area contributed by atoms with Crippen molar-refractivity contribution in [3.05, 3.63) is 22.6 Å². The lowest BCUT2D eigenvalue weighted by atomic mass is 9.92. The average molecular weight is 195 g/mol. The molecule has 0 unspecified atom stereocenters. The first kappa shape index (κ1) is 10.8. The molecule has 1 rings (SSSR count). The Hall–Kier alpha value is -1.32. The Balaban J connectivity index is 2.74. The van der Waals surface area contributed by atoms with Gasteiger partial charge in [-0.15, -0.1) is 0 Å². The van der Waals surface area contributed by atoms with E-state index in [2.05, 4.69) is 25.9 Å². The largest absolute Gasteiger partial charge is 0.397 e. The van der Waals surface area contributed by atoms with Crippen molar-refractivity contribution in [2.45, 2.75) is 33.7 Å². The summed E-state index contributed by atoms with van der Waals surface area (Å²) in [5.74, 6) is 0. The van der Waals surface area contributed by atoms with E-state index < -0.39 is 0 Å². The fraction of sp³-hybridized carbons (Fsp3) is 0.600. The molecule has 0 saturated carbocycles. The Kier molecular flexibility index (Phi) is 2.93. The van der Waals surface area contributed by atoms with E-state index in [1.807, 2.05) is 0 Å². The Morgan fingerprint density at radius 2 is 2.14 bits per heavy atom. The maximum absolute atomic E-state index is 11.4. The summed E-state index contributed by atoms with van der Waals surface area (Å²) >= 11 is 0. The molecule has 4 heteroatoms. The number of anilines is 1. The highest BCUT2D eigenvalue weighted by atomic mass is 16.1. The van der Waals surface area contributed by atoms with E-state index in [1.54, 1.807) is 0 Å². The summed E-state index contributed by atoms with van der Waals surface area (Å²) in [6.07, 6.45) is 2.42. The number of hydrogen-bond donors (Lipinski definition) is 1. The smallest absolute Gasteiger partial charge is 0.268 e. The van der Waals surface area contributed by atoms with Gasteiger partial charge < -0.3 is 5.73 Å². The first-order chi connectivity index (χ1) is 6.38. The molecule has 0 fully saturated rings. The van der Waals surface area contributed by atoms with Gasteiger partial charge in [0.25, 0.3) is 5.56 Å². The molecule has 1 aromatic rings. The zero-order valence-electron chi connectivity index (χ0n) is 8.95. The van der Waals surface area contributed by atoms with Gasteiger partial charge in [0.1, 0.15) is 0 Å². The van der Waals surface area contributed by atoms with Crippen molar-refractivity contribution in [3.63, 3.8) is 0 Å². The van der Waals surface area contributed by atoms with Crippen LogP contribution >= 0.6 is 0 Å². The second-order valence-electron chi connectivity index (χ2n) is 4.66. The molecule has 0 bridgehead atoms. The van der Waals surface area contributed by atoms with Crippen LogP contribution in [0.2, 0.25) is 0 Å². The van der Waals surface area contributed by atoms with Crippen LogP contribution in [0.5, 0.6) is 0 Å². The lowest BCUT2D eigenvalue weighted by Gasteiger charge is -2.17. The molecule has 78 valence electrons. The van der Waals surface area contributed by atoms with E-state index in [9.17, 15) is 4.79 Å². The van der Waals surface area contributed by atoms with Crippen molar-refractivity contribution < 1.29 is 0 Å². The highest BCUT2D eigenvalue weighted by Gasteiger charge is 2.10. The van der Waals surface area contributed by atoms with E-state index in [0.717, 1.165) is 6.42 Å². The second kappa shape index (κ2) is 3.82. The minimum Gasteiger partial charge on any atom is -0.397 e. The minimum absolute atomic E-state index is 0.130. The molecule has 4 nitrogen and oxygen atoms in total. The highest BCUT2D eigenvalue weighted by Crippen LogP contribution is 2.18. The summed E-state index contributed by atoms with van der Waals surface area (Å²) in [5.41, 5.74) is 5.93. The predicted octanol–water partition coefficient (Wildman–Crippen LogP) is 1.26. The summed E-state index contributed by atoms with van der Waals surface area (Å²) in [5, 5.41) is 3.96. The topological polar surface area (TPSA) is 60.9 Å². The third kappa shape index (κ3) is 3.20. The van der Waals surface area contributed by atoms with Gasteiger partial charge in [-0.05, 0) is 11.8 Å². The molecule has 1 heterocycles. The predicted molar refractivity (Wildman–Crippen MR) is 57.0 cm³/mol. The van der Waals surface area contributed by atoms with Crippen molar-refractivity contribution in [1.29, 1.82) is 0 Å². The Morgan fingerprint density at radius 3 is 2.64 bits per heavy atom. The molecule has 0 amide bonds. The molecular weight excluding hydrogens is 178 g/mol. The lowest BCUT2D eigenvalue weighted by molar-refractivity contribution is 0.336. The van der Waals surface area contributed by atoms with Crippen molar-refractivity contribution in [2.24, 2.45) is 5.41 Å². The number of nitrogen functional groups attached to an aromatic ring is 1. The van der Waals surface area contributed by atoms with Crippen LogP contribution < -0.4 is 11.3 Å². The van der Waals surface area contributed by atoms with Gasteiger partial charge in [-0.25, -0.2) is 4.68 Å². The van der Waals surface area contributed by atoms with Gasteiger partial charge in [0, 0.05) is 12.6 Å². The van der Waals surface area contributed by atoms with Crippen LogP contribution in [0.15, 0.2) is 17.1 Å². The Morgan fingerprint density at radius 1 is 1.50 bits per heavy atom. The van der Waals surface area contributed by atoms with Gasteiger partial charge in [0.15, 0.2) is 0 Å². The van der Waals surface area contributed by atoms with Gasteiger partial charge in [0.2, 0.25) is 0 Å². The van der Waals surface area contributed by atoms with Crippen LogP contribution in [-0.2, 0) is 6.54 Å². The standard InChI is InChI=1S/C10H17N3O/c1-10(2,3)4-5-13-9(14)6-8(11)7-12-13/h6-7H,4-5,11H2,1-3H3. The monoisotopic (exact) mass is 195 g/mol. The normalized spacial score (nSPS) is 11.6. The van der Waals surface area contributed by atoms with Gasteiger partial charge >= 0.3 is 0 Å². The third-order valence-corrected chi connectivity index (χ3v) is 1.96. The highest BCUT2D eigenvalue weighted by molar-refractivity contribution is 5.31. The van der Waals surface area contributed by atoms with Crippen molar-refractivity contribution >= 4 is 5.69 Å². The molecular formula is C10H17N3O. The molecule has 0 aliphatic rings. The van der Waals surface area contributed by atoms with E-state index in [1.165, 1.54) is 16.9 Å². The van der Waals surface area contributed by atoms with Crippen LogP contribution in [0.1, 0.15) is 27.2 Å². The molecule has 2 N–H and O–H groups in total. The maximum atomic E-state index is 11.4. The molecule has 0 aliphatic carbocycles. The summed E-state index contributed by atoms with van der Waals surface area (Å²) in [6, 6.07) is 1.40. The summed E-state index contributed by atoms with van der Waals surface area (Å²) in [4.78, 5) is 11.4. The quantitative estimate of drug-likeness (QED) is 0.772. The zero-order chi connectivity index (χ0) is 10.8. The first-order valence-electron chi connectivity index (χ1n) is 4.71. The number of nitrogens with zero attached hydrogens (tertiary/aromatic N) is 2. The maximum Gasteiger partial charge on any atom is 0.268 e. The van der Waals surface area contributed by atoms with Crippen LogP contribution in [0.3, 0.4) is 0 Å². The lowest BCUT2D eigenvalue weighted by Crippen LogP contribution is -2.24. The second-order valence-corrected chi connectivity index (χ2v) is 4.66. The summed E-state index contributed by atoms with van der Waals surface area (Å²) in [6.45, 7) is 7.04. The molecule has 14 heavy (non-hydrogen) atoms. The zero-order valence-corrected chi connectivity index (χ0v) is 8.95.